The highest BCUT2D eigenvalue weighted by Gasteiger charge is 2.70. The fraction of sp³-hybridized carbons (Fsp3) is 0.630. The Kier molecular flexibility index (Phi) is 15.8. The van der Waals surface area contributed by atoms with Crippen LogP contribution in [0.4, 0.5) is 9.59 Å². The number of piperidine rings is 2. The third-order valence-corrected chi connectivity index (χ3v) is 12.8. The van der Waals surface area contributed by atoms with E-state index in [0.717, 1.165) is 24.8 Å². The van der Waals surface area contributed by atoms with Crippen LogP contribution in [0.15, 0.2) is 55.6 Å². The Bertz CT molecular complexity index is 1780. The minimum atomic E-state index is -1.14. The number of amides is 6. The molecular formula is C46H66N6O9. The molecule has 6 amide bonds. The number of ether oxygens (including phenoxy) is 2. The SMILES string of the molecule is C=CCCC(NC(=O)[C@@H]1[C@@H]2[C@H](CN1C(=O)[C@@H](NC(=O)C(NC(=O)OC(C)(C)C)C1CCN(C(=O)OCc3ccccc3)CC1)C1CCCCC1)C2(C)C)C(=O)C(=O)NCC=C. The van der Waals surface area contributed by atoms with E-state index in [1.807, 2.05) is 30.3 Å². The van der Waals surface area contributed by atoms with Crippen LogP contribution in [0.25, 0.3) is 0 Å². The van der Waals surface area contributed by atoms with Gasteiger partial charge >= 0.3 is 12.2 Å². The molecule has 4 N–H and O–H groups in total. The molecule has 61 heavy (non-hydrogen) atoms. The molecule has 1 aromatic carbocycles. The summed E-state index contributed by atoms with van der Waals surface area (Å²) < 4.78 is 11.1. The van der Waals surface area contributed by atoms with Crippen LogP contribution in [0.2, 0.25) is 0 Å². The normalized spacial score (nSPS) is 22.6. The van der Waals surface area contributed by atoms with Crippen molar-refractivity contribution in [1.82, 2.24) is 31.1 Å². The number of rotatable bonds is 17. The number of carbonyl (C=O) groups excluding carboxylic acids is 7. The van der Waals surface area contributed by atoms with Crippen molar-refractivity contribution in [3.63, 3.8) is 0 Å². The molecule has 2 aliphatic carbocycles. The predicted octanol–water partition coefficient (Wildman–Crippen LogP) is 4.80. The number of carbonyl (C=O) groups is 7. The van der Waals surface area contributed by atoms with Gasteiger partial charge in [0.1, 0.15) is 30.3 Å². The summed E-state index contributed by atoms with van der Waals surface area (Å²) >= 11 is 0. The summed E-state index contributed by atoms with van der Waals surface area (Å²) in [6.07, 6.45) is 7.17. The molecule has 1 aromatic rings. The second-order valence-electron chi connectivity index (χ2n) is 18.6. The van der Waals surface area contributed by atoms with Gasteiger partial charge in [-0.15, -0.1) is 13.2 Å². The van der Waals surface area contributed by atoms with E-state index in [1.165, 1.54) is 6.08 Å². The minimum absolute atomic E-state index is 0.0132. The molecule has 0 radical (unpaired) electrons. The number of alkyl carbamates (subject to hydrolysis) is 1. The van der Waals surface area contributed by atoms with E-state index in [1.54, 1.807) is 36.6 Å². The Morgan fingerprint density at radius 2 is 1.52 bits per heavy atom. The van der Waals surface area contributed by atoms with Crippen molar-refractivity contribution in [2.45, 2.75) is 129 Å². The summed E-state index contributed by atoms with van der Waals surface area (Å²) in [4.78, 5) is 99.3. The number of hydrogen-bond donors (Lipinski definition) is 4. The molecule has 0 spiro atoms. The molecule has 0 aromatic heterocycles. The van der Waals surface area contributed by atoms with Gasteiger partial charge < -0.3 is 40.5 Å². The Morgan fingerprint density at radius 1 is 0.869 bits per heavy atom. The number of hydrogen-bond acceptors (Lipinski definition) is 9. The monoisotopic (exact) mass is 846 g/mol. The molecule has 15 nitrogen and oxygen atoms in total. The smallest absolute Gasteiger partial charge is 0.410 e. The Morgan fingerprint density at radius 3 is 2.15 bits per heavy atom. The lowest BCUT2D eigenvalue weighted by molar-refractivity contribution is -0.146. The Balaban J connectivity index is 1.36. The number of benzene rings is 1. The first-order valence-corrected chi connectivity index (χ1v) is 21.9. The van der Waals surface area contributed by atoms with Gasteiger partial charge in [0.05, 0.1) is 6.04 Å². The Labute approximate surface area is 360 Å². The van der Waals surface area contributed by atoms with Crippen LogP contribution in [-0.4, -0.2) is 107 Å². The maximum absolute atomic E-state index is 15.0. The minimum Gasteiger partial charge on any atom is -0.445 e. The third-order valence-electron chi connectivity index (χ3n) is 12.8. The standard InChI is InChI=1S/C46H66N6O9/c1-8-10-21-33(38(53)41(56)47-24-9-2)48-40(55)37-34-32(46(34,6)7)27-52(37)42(57)36(30-19-15-12-16-20-30)49-39(54)35(50-43(58)61-45(3,4)5)31-22-25-51(26-23-31)44(59)60-28-29-17-13-11-14-18-29/h8-9,11,13-14,17-18,30-37H,1-2,10,12,15-16,19-28H2,3-7H3,(H,47,56)(H,48,55)(H,49,54)(H,50,58)/t32-,33?,34-,35?,36-,37-/m0/s1. The summed E-state index contributed by atoms with van der Waals surface area (Å²) in [5.74, 6) is -3.93. The summed E-state index contributed by atoms with van der Waals surface area (Å²) in [7, 11) is 0. The van der Waals surface area contributed by atoms with Crippen molar-refractivity contribution < 1.29 is 43.0 Å². The largest absolute Gasteiger partial charge is 0.445 e. The van der Waals surface area contributed by atoms with Gasteiger partial charge in [-0.05, 0) is 93.9 Å². The summed E-state index contributed by atoms with van der Waals surface area (Å²) in [5, 5.41) is 11.2. The van der Waals surface area contributed by atoms with Gasteiger partial charge in [-0.1, -0.05) is 75.6 Å². The van der Waals surface area contributed by atoms with Gasteiger partial charge in [-0.3, -0.25) is 24.0 Å². The average molecular weight is 847 g/mol. The molecule has 6 atom stereocenters. The van der Waals surface area contributed by atoms with E-state index in [4.69, 9.17) is 9.47 Å². The zero-order valence-corrected chi connectivity index (χ0v) is 36.5. The topological polar surface area (TPSA) is 193 Å². The maximum Gasteiger partial charge on any atom is 0.410 e. The van der Waals surface area contributed by atoms with Gasteiger partial charge in [-0.25, -0.2) is 9.59 Å². The highest BCUT2D eigenvalue weighted by molar-refractivity contribution is 6.38. The van der Waals surface area contributed by atoms with Crippen LogP contribution >= 0.6 is 0 Å². The molecule has 2 saturated carbocycles. The molecule has 4 aliphatic rings. The molecular weight excluding hydrogens is 781 g/mol. The zero-order chi connectivity index (χ0) is 44.5. The lowest BCUT2D eigenvalue weighted by Gasteiger charge is -2.39. The number of ketones is 1. The van der Waals surface area contributed by atoms with Crippen molar-refractivity contribution in [2.75, 3.05) is 26.2 Å². The number of allylic oxidation sites excluding steroid dienone is 1. The quantitative estimate of drug-likeness (QED) is 0.126. The molecule has 5 rings (SSSR count). The molecule has 2 heterocycles. The van der Waals surface area contributed by atoms with E-state index < -0.39 is 77.3 Å². The molecule has 2 aliphatic heterocycles. The van der Waals surface area contributed by atoms with Gasteiger partial charge in [0.15, 0.2) is 0 Å². The van der Waals surface area contributed by atoms with E-state index in [-0.39, 0.29) is 49.3 Å². The van der Waals surface area contributed by atoms with Crippen LogP contribution in [0.3, 0.4) is 0 Å². The fourth-order valence-electron chi connectivity index (χ4n) is 9.36. The number of nitrogens with zero attached hydrogens (tertiary/aromatic N) is 2. The van der Waals surface area contributed by atoms with Crippen LogP contribution in [0.1, 0.15) is 98.0 Å². The van der Waals surface area contributed by atoms with Crippen LogP contribution < -0.4 is 21.3 Å². The second-order valence-corrected chi connectivity index (χ2v) is 18.6. The van der Waals surface area contributed by atoms with Gasteiger partial charge in [0.25, 0.3) is 5.91 Å². The highest BCUT2D eigenvalue weighted by Crippen LogP contribution is 2.65. The molecule has 0 bridgehead atoms. The number of likely N-dealkylation sites (tertiary alicyclic amines) is 2. The predicted molar refractivity (Wildman–Crippen MR) is 228 cm³/mol. The van der Waals surface area contributed by atoms with Crippen LogP contribution in [0.5, 0.6) is 0 Å². The molecule has 15 heteroatoms. The number of nitrogens with one attached hydrogen (secondary N) is 4. The zero-order valence-electron chi connectivity index (χ0n) is 36.5. The van der Waals surface area contributed by atoms with Crippen LogP contribution in [0, 0.1) is 29.1 Å². The van der Waals surface area contributed by atoms with Crippen molar-refractivity contribution in [3.05, 3.63) is 61.2 Å². The Hall–Kier alpha value is -5.21. The van der Waals surface area contributed by atoms with Gasteiger partial charge in [0.2, 0.25) is 23.5 Å². The fourth-order valence-corrected chi connectivity index (χ4v) is 9.36. The summed E-state index contributed by atoms with van der Waals surface area (Å²) in [6, 6.07) is 5.20. The van der Waals surface area contributed by atoms with E-state index in [9.17, 15) is 33.6 Å². The maximum atomic E-state index is 15.0. The van der Waals surface area contributed by atoms with E-state index in [0.29, 0.717) is 45.2 Å². The lowest BCUT2D eigenvalue weighted by Crippen LogP contribution is -2.62. The summed E-state index contributed by atoms with van der Waals surface area (Å²) in [6.45, 7) is 17.7. The molecule has 2 saturated heterocycles. The van der Waals surface area contributed by atoms with Crippen molar-refractivity contribution in [1.29, 1.82) is 0 Å². The van der Waals surface area contributed by atoms with Crippen molar-refractivity contribution in [3.8, 4) is 0 Å². The van der Waals surface area contributed by atoms with Crippen molar-refractivity contribution >= 4 is 41.6 Å². The van der Waals surface area contributed by atoms with Gasteiger partial charge in [0, 0.05) is 26.2 Å². The number of fused-ring (bicyclic) bond motifs is 1. The second kappa shape index (κ2) is 20.6. The molecule has 4 fully saturated rings. The highest BCUT2D eigenvalue weighted by atomic mass is 16.6. The van der Waals surface area contributed by atoms with Crippen LogP contribution in [-0.2, 0) is 40.1 Å². The lowest BCUT2D eigenvalue weighted by atomic mass is 9.82. The third kappa shape index (κ3) is 12.0. The molecule has 334 valence electrons. The first-order chi connectivity index (χ1) is 29.0. The van der Waals surface area contributed by atoms with Crippen molar-refractivity contribution in [2.24, 2.45) is 29.1 Å². The van der Waals surface area contributed by atoms with Gasteiger partial charge in [-0.2, -0.15) is 0 Å². The molecule has 2 unspecified atom stereocenters. The first-order valence-electron chi connectivity index (χ1n) is 21.9. The summed E-state index contributed by atoms with van der Waals surface area (Å²) in [5.41, 5.74) is -0.239. The average Bonchev–Trinajstić information content (AvgIpc) is 3.52. The van der Waals surface area contributed by atoms with E-state index >= 15 is 0 Å². The first kappa shape index (κ1) is 46.8. The van der Waals surface area contributed by atoms with E-state index in [2.05, 4.69) is 48.3 Å². The number of Topliss-reactive ketones (excluding diaryl/α,β-unsaturated/α-hetero) is 1.